The topological polar surface area (TPSA) is 82.2 Å². The number of aromatic nitrogens is 2. The Morgan fingerprint density at radius 1 is 1.57 bits per heavy atom. The van der Waals surface area contributed by atoms with Crippen molar-refractivity contribution in [3.8, 4) is 0 Å². The molecule has 1 aromatic heterocycles. The molecule has 6 nitrogen and oxygen atoms in total. The molecule has 0 radical (unpaired) electrons. The number of ether oxygens (including phenoxy) is 1. The van der Waals surface area contributed by atoms with Gasteiger partial charge in [0.1, 0.15) is 0 Å². The fraction of sp³-hybridized carbons (Fsp3) is 0.733. The Morgan fingerprint density at radius 3 is 2.90 bits per heavy atom. The van der Waals surface area contributed by atoms with Gasteiger partial charge < -0.3 is 15.8 Å². The zero-order valence-electron chi connectivity index (χ0n) is 13.0. The number of rotatable bonds is 7. The van der Waals surface area contributed by atoms with Gasteiger partial charge in [0.15, 0.2) is 0 Å². The third-order valence-corrected chi connectivity index (χ3v) is 4.53. The van der Waals surface area contributed by atoms with Crippen LogP contribution < -0.4 is 11.1 Å². The zero-order chi connectivity index (χ0) is 15.3. The Bertz CT molecular complexity index is 454. The van der Waals surface area contributed by atoms with Crippen LogP contribution in [-0.2, 0) is 16.1 Å². The van der Waals surface area contributed by atoms with Crippen molar-refractivity contribution in [2.24, 2.45) is 11.1 Å². The number of anilines is 1. The van der Waals surface area contributed by atoms with Crippen LogP contribution in [0.3, 0.4) is 0 Å². The van der Waals surface area contributed by atoms with Crippen LogP contribution in [0.4, 0.5) is 5.69 Å². The third-order valence-electron chi connectivity index (χ3n) is 4.53. The van der Waals surface area contributed by atoms with Crippen molar-refractivity contribution in [2.45, 2.75) is 52.2 Å². The molecule has 2 heterocycles. The Kier molecular flexibility index (Phi) is 5.36. The van der Waals surface area contributed by atoms with Crippen molar-refractivity contribution in [1.29, 1.82) is 0 Å². The highest BCUT2D eigenvalue weighted by Crippen LogP contribution is 2.27. The Balaban J connectivity index is 1.96. The standard InChI is InChI=1S/C15H26N4O2/c1-3-15(4-2,11-16)14(20)18-12-8-17-19(9-12)10-13-6-5-7-21-13/h8-9,13H,3-7,10-11,16H2,1-2H3,(H,18,20). The molecule has 2 rings (SSSR count). The quantitative estimate of drug-likeness (QED) is 0.803. The molecule has 0 saturated carbocycles. The van der Waals surface area contributed by atoms with Crippen molar-refractivity contribution in [1.82, 2.24) is 9.78 Å². The molecule has 1 aromatic rings. The van der Waals surface area contributed by atoms with E-state index in [4.69, 9.17) is 10.5 Å². The summed E-state index contributed by atoms with van der Waals surface area (Å²) >= 11 is 0. The fourth-order valence-corrected chi connectivity index (χ4v) is 2.74. The van der Waals surface area contributed by atoms with Gasteiger partial charge in [0.05, 0.1) is 29.9 Å². The van der Waals surface area contributed by atoms with E-state index in [1.54, 1.807) is 6.20 Å². The van der Waals surface area contributed by atoms with Gasteiger partial charge in [0.25, 0.3) is 0 Å². The second-order valence-corrected chi connectivity index (χ2v) is 5.73. The lowest BCUT2D eigenvalue weighted by Crippen LogP contribution is -2.41. The van der Waals surface area contributed by atoms with E-state index in [2.05, 4.69) is 10.4 Å². The normalized spacial score (nSPS) is 18.9. The molecule has 0 spiro atoms. The molecule has 0 aromatic carbocycles. The van der Waals surface area contributed by atoms with Crippen molar-refractivity contribution in [3.05, 3.63) is 12.4 Å². The lowest BCUT2D eigenvalue weighted by atomic mass is 9.81. The largest absolute Gasteiger partial charge is 0.376 e. The number of nitrogens with two attached hydrogens (primary N) is 1. The second kappa shape index (κ2) is 7.04. The third kappa shape index (κ3) is 3.63. The molecule has 0 aliphatic carbocycles. The summed E-state index contributed by atoms with van der Waals surface area (Å²) in [4.78, 5) is 12.4. The molecule has 21 heavy (non-hydrogen) atoms. The number of nitrogens with one attached hydrogen (secondary N) is 1. The highest BCUT2D eigenvalue weighted by molar-refractivity contribution is 5.95. The molecular formula is C15H26N4O2. The summed E-state index contributed by atoms with van der Waals surface area (Å²) in [5.41, 5.74) is 6.03. The predicted molar refractivity (Wildman–Crippen MR) is 81.9 cm³/mol. The van der Waals surface area contributed by atoms with Crippen molar-refractivity contribution >= 4 is 11.6 Å². The second-order valence-electron chi connectivity index (χ2n) is 5.73. The van der Waals surface area contributed by atoms with E-state index in [-0.39, 0.29) is 12.0 Å². The molecule has 1 fully saturated rings. The smallest absolute Gasteiger partial charge is 0.231 e. The van der Waals surface area contributed by atoms with Crippen LogP contribution in [0.25, 0.3) is 0 Å². The van der Waals surface area contributed by atoms with E-state index in [1.807, 2.05) is 24.7 Å². The highest BCUT2D eigenvalue weighted by atomic mass is 16.5. The van der Waals surface area contributed by atoms with Gasteiger partial charge >= 0.3 is 0 Å². The van der Waals surface area contributed by atoms with E-state index >= 15 is 0 Å². The molecule has 1 saturated heterocycles. The summed E-state index contributed by atoms with van der Waals surface area (Å²) < 4.78 is 7.42. The Labute approximate surface area is 126 Å². The van der Waals surface area contributed by atoms with Gasteiger partial charge in [-0.15, -0.1) is 0 Å². The number of hydrogen-bond acceptors (Lipinski definition) is 4. The monoisotopic (exact) mass is 294 g/mol. The SMILES string of the molecule is CCC(CC)(CN)C(=O)Nc1cnn(CC2CCCO2)c1. The van der Waals surface area contributed by atoms with Gasteiger partial charge in [-0.05, 0) is 25.7 Å². The number of carbonyl (C=O) groups excluding carboxylic acids is 1. The molecule has 1 amide bonds. The van der Waals surface area contributed by atoms with Gasteiger partial charge in [0, 0.05) is 19.3 Å². The Hall–Kier alpha value is -1.40. The molecule has 1 aliphatic rings. The summed E-state index contributed by atoms with van der Waals surface area (Å²) in [7, 11) is 0. The minimum atomic E-state index is -0.489. The van der Waals surface area contributed by atoms with Crippen LogP contribution in [0, 0.1) is 5.41 Å². The minimum absolute atomic E-state index is 0.0216. The summed E-state index contributed by atoms with van der Waals surface area (Å²) in [6, 6.07) is 0. The van der Waals surface area contributed by atoms with Gasteiger partial charge in [-0.25, -0.2) is 0 Å². The zero-order valence-corrected chi connectivity index (χ0v) is 13.0. The maximum atomic E-state index is 12.4. The first-order valence-electron chi connectivity index (χ1n) is 7.79. The van der Waals surface area contributed by atoms with E-state index in [0.29, 0.717) is 6.54 Å². The first-order chi connectivity index (χ1) is 10.1. The number of nitrogens with zero attached hydrogens (tertiary/aromatic N) is 2. The molecule has 1 atom stereocenters. The fourth-order valence-electron chi connectivity index (χ4n) is 2.74. The van der Waals surface area contributed by atoms with Crippen LogP contribution in [0.15, 0.2) is 12.4 Å². The first-order valence-corrected chi connectivity index (χ1v) is 7.79. The molecule has 1 aliphatic heterocycles. The van der Waals surface area contributed by atoms with E-state index in [0.717, 1.165) is 44.5 Å². The molecule has 118 valence electrons. The van der Waals surface area contributed by atoms with Crippen molar-refractivity contribution in [3.63, 3.8) is 0 Å². The summed E-state index contributed by atoms with van der Waals surface area (Å²) in [5.74, 6) is -0.0216. The van der Waals surface area contributed by atoms with Gasteiger partial charge in [-0.1, -0.05) is 13.8 Å². The van der Waals surface area contributed by atoms with E-state index in [9.17, 15) is 4.79 Å². The predicted octanol–water partition coefficient (Wildman–Crippen LogP) is 1.77. The summed E-state index contributed by atoms with van der Waals surface area (Å²) in [5, 5.41) is 7.22. The average molecular weight is 294 g/mol. The number of carbonyl (C=O) groups is 1. The van der Waals surface area contributed by atoms with Crippen LogP contribution in [0.5, 0.6) is 0 Å². The molecule has 3 N–H and O–H groups in total. The maximum Gasteiger partial charge on any atom is 0.231 e. The van der Waals surface area contributed by atoms with Gasteiger partial charge in [-0.3, -0.25) is 9.48 Å². The van der Waals surface area contributed by atoms with Crippen molar-refractivity contribution < 1.29 is 9.53 Å². The van der Waals surface area contributed by atoms with Gasteiger partial charge in [-0.2, -0.15) is 5.10 Å². The van der Waals surface area contributed by atoms with Crippen LogP contribution in [0.1, 0.15) is 39.5 Å². The van der Waals surface area contributed by atoms with E-state index in [1.165, 1.54) is 0 Å². The van der Waals surface area contributed by atoms with Crippen molar-refractivity contribution in [2.75, 3.05) is 18.5 Å². The summed E-state index contributed by atoms with van der Waals surface area (Å²) in [6.45, 7) is 5.92. The Morgan fingerprint density at radius 2 is 2.33 bits per heavy atom. The molecule has 6 heteroatoms. The lowest BCUT2D eigenvalue weighted by Gasteiger charge is -2.28. The molecular weight excluding hydrogens is 268 g/mol. The highest BCUT2D eigenvalue weighted by Gasteiger charge is 2.33. The molecule has 0 bridgehead atoms. The molecule has 1 unspecified atom stereocenters. The maximum absolute atomic E-state index is 12.4. The minimum Gasteiger partial charge on any atom is -0.376 e. The first kappa shape index (κ1) is 16.0. The number of amides is 1. The van der Waals surface area contributed by atoms with Crippen LogP contribution >= 0.6 is 0 Å². The number of hydrogen-bond donors (Lipinski definition) is 2. The van der Waals surface area contributed by atoms with Gasteiger partial charge in [0.2, 0.25) is 5.91 Å². The average Bonchev–Trinajstić information content (AvgIpc) is 3.14. The summed E-state index contributed by atoms with van der Waals surface area (Å²) in [6.07, 6.45) is 7.42. The van der Waals surface area contributed by atoms with Crippen LogP contribution in [-0.4, -0.2) is 34.9 Å². The lowest BCUT2D eigenvalue weighted by molar-refractivity contribution is -0.125. The van der Waals surface area contributed by atoms with E-state index < -0.39 is 5.41 Å². The van der Waals surface area contributed by atoms with Crippen LogP contribution in [0.2, 0.25) is 0 Å².